The fourth-order valence-electron chi connectivity index (χ4n) is 0.269. The van der Waals surface area contributed by atoms with Crippen molar-refractivity contribution in [3.63, 3.8) is 0 Å². The van der Waals surface area contributed by atoms with Crippen LogP contribution >= 0.6 is 37.8 Å². The van der Waals surface area contributed by atoms with Gasteiger partial charge in [-0.3, -0.25) is 0 Å². The maximum absolute atomic E-state index is 5.69. The normalized spacial score (nSPS) is 13.7. The second-order valence-corrected chi connectivity index (χ2v) is 15.3. The lowest BCUT2D eigenvalue weighted by Gasteiger charge is -2.18. The van der Waals surface area contributed by atoms with E-state index in [1.54, 1.807) is 0 Å². The molecule has 0 radical (unpaired) electrons. The van der Waals surface area contributed by atoms with Gasteiger partial charge in [0.1, 0.15) is 0 Å². The zero-order valence-electron chi connectivity index (χ0n) is 6.23. The van der Waals surface area contributed by atoms with Crippen LogP contribution in [0.25, 0.3) is 0 Å². The second-order valence-electron chi connectivity index (χ2n) is 3.25. The fourth-order valence-corrected chi connectivity index (χ4v) is 3.77. The summed E-state index contributed by atoms with van der Waals surface area (Å²) in [6.07, 6.45) is 0. The largest absolute Gasteiger partial charge is 0.171 e. The van der Waals surface area contributed by atoms with E-state index in [2.05, 4.69) is 20.8 Å². The molecule has 0 fully saturated rings. The molecule has 5 heteroatoms. The average molecular weight is 237 g/mol. The van der Waals surface area contributed by atoms with Crippen molar-refractivity contribution in [1.29, 1.82) is 0 Å². The predicted octanol–water partition coefficient (Wildman–Crippen LogP) is 4.47. The lowest BCUT2D eigenvalue weighted by atomic mass is 10.0. The summed E-state index contributed by atoms with van der Waals surface area (Å²) in [6.45, 7) is 6.41. The zero-order chi connectivity index (χ0) is 8.41. The third-order valence-corrected chi connectivity index (χ3v) is 5.94. The van der Waals surface area contributed by atoms with Crippen molar-refractivity contribution in [2.75, 3.05) is 5.75 Å². The van der Waals surface area contributed by atoms with Crippen LogP contribution in [-0.2, 0) is 11.8 Å². The highest BCUT2D eigenvalue weighted by Gasteiger charge is 2.16. The Hall–Kier alpha value is 1.58. The topological polar surface area (TPSA) is 0 Å². The molecule has 0 saturated carbocycles. The summed E-state index contributed by atoms with van der Waals surface area (Å²) in [7, 11) is 0. The molecule has 62 valence electrons. The van der Waals surface area contributed by atoms with Crippen molar-refractivity contribution >= 4 is 49.6 Å². The van der Waals surface area contributed by atoms with Gasteiger partial charge in [-0.1, -0.05) is 66.4 Å². The molecule has 0 amide bonds. The molecule has 0 nitrogen and oxygen atoms in total. The maximum atomic E-state index is 5.69. The van der Waals surface area contributed by atoms with Crippen LogP contribution < -0.4 is 0 Å². The fraction of sp³-hybridized carbons (Fsp3) is 1.00. The van der Waals surface area contributed by atoms with Crippen LogP contribution in [0.1, 0.15) is 20.8 Å². The Bertz CT molecular complexity index is 146. The van der Waals surface area contributed by atoms with E-state index in [-0.39, 0.29) is 5.41 Å². The Balaban J connectivity index is 3.67. The van der Waals surface area contributed by atoms with Crippen LogP contribution in [0.15, 0.2) is 0 Å². The number of hydrogen-bond acceptors (Lipinski definition) is 2. The molecule has 0 N–H and O–H groups in total. The van der Waals surface area contributed by atoms with Gasteiger partial charge in [0.2, 0.25) is 0 Å². The number of rotatable bonds is 2. The highest BCUT2D eigenvalue weighted by molar-refractivity contribution is 8.85. The molecule has 0 spiro atoms. The van der Waals surface area contributed by atoms with Crippen molar-refractivity contribution in [2.45, 2.75) is 20.8 Å². The summed E-state index contributed by atoms with van der Waals surface area (Å²) in [6, 6.07) is 0. The van der Waals surface area contributed by atoms with Crippen molar-refractivity contribution in [3.05, 3.63) is 0 Å². The first-order valence-corrected chi connectivity index (χ1v) is 9.05. The van der Waals surface area contributed by atoms with Gasteiger partial charge in [0.15, 0.2) is 3.95 Å². The minimum atomic E-state index is -2.07. The van der Waals surface area contributed by atoms with Gasteiger partial charge < -0.3 is 0 Å². The molecule has 0 aliphatic carbocycles. The lowest BCUT2D eigenvalue weighted by molar-refractivity contribution is 0.482. The number of hydrogen-bond donors (Lipinski definition) is 0. The molecule has 0 aliphatic rings. The Morgan fingerprint density at radius 3 is 1.90 bits per heavy atom. The van der Waals surface area contributed by atoms with Gasteiger partial charge in [-0.15, -0.1) is 0 Å². The predicted molar refractivity (Wildman–Crippen MR) is 57.9 cm³/mol. The van der Waals surface area contributed by atoms with Gasteiger partial charge in [0.25, 0.3) is 0 Å². The van der Waals surface area contributed by atoms with E-state index < -0.39 is 3.95 Å². The molecule has 0 unspecified atom stereocenters. The average Bonchev–Trinajstić information content (AvgIpc) is 1.57. The van der Waals surface area contributed by atoms with E-state index in [1.807, 2.05) is 0 Å². The summed E-state index contributed by atoms with van der Waals surface area (Å²) >= 11 is 17.7. The molecule has 0 aliphatic heterocycles. The summed E-state index contributed by atoms with van der Waals surface area (Å²) in [5, 5.41) is 0. The minimum absolute atomic E-state index is 0.262. The minimum Gasteiger partial charge on any atom is -0.0942 e. The quantitative estimate of drug-likeness (QED) is 0.650. The van der Waals surface area contributed by atoms with E-state index in [9.17, 15) is 0 Å². The Labute approximate surface area is 81.4 Å². The van der Waals surface area contributed by atoms with Gasteiger partial charge in [-0.05, 0) is 5.41 Å². The van der Waals surface area contributed by atoms with Crippen LogP contribution in [0, 0.1) is 5.41 Å². The molecule has 0 aromatic rings. The van der Waals surface area contributed by atoms with Gasteiger partial charge in [-0.25, -0.2) is 0 Å². The van der Waals surface area contributed by atoms with E-state index in [0.29, 0.717) is 0 Å². The van der Waals surface area contributed by atoms with Crippen molar-refractivity contribution in [3.8, 4) is 0 Å². The first-order valence-electron chi connectivity index (χ1n) is 2.85. The summed E-state index contributed by atoms with van der Waals surface area (Å²) in [5.41, 5.74) is 0.262. The van der Waals surface area contributed by atoms with Crippen molar-refractivity contribution in [1.82, 2.24) is 0 Å². The molecule has 0 rings (SSSR count). The first-order chi connectivity index (χ1) is 4.21. The summed E-state index contributed by atoms with van der Waals surface area (Å²) in [5.74, 6) is 0.928. The van der Waals surface area contributed by atoms with Gasteiger partial charge in [-0.2, -0.15) is 0 Å². The van der Waals surface area contributed by atoms with Gasteiger partial charge in [0.05, 0.1) is 0 Å². The molecular formula is C5H11Cl2PS2. The molecule has 0 aromatic heterocycles. The van der Waals surface area contributed by atoms with Crippen molar-refractivity contribution in [2.24, 2.45) is 5.41 Å². The maximum Gasteiger partial charge on any atom is 0.171 e. The van der Waals surface area contributed by atoms with Crippen LogP contribution in [0.5, 0.6) is 0 Å². The van der Waals surface area contributed by atoms with Gasteiger partial charge >= 0.3 is 0 Å². The third kappa shape index (κ3) is 9.58. The van der Waals surface area contributed by atoms with Crippen LogP contribution in [0.4, 0.5) is 0 Å². The first kappa shape index (κ1) is 11.6. The Morgan fingerprint density at radius 1 is 1.40 bits per heavy atom. The highest BCUT2D eigenvalue weighted by atomic mass is 35.9. The SMILES string of the molecule is CC(C)(C)CSP(=S)(Cl)Cl. The molecule has 10 heavy (non-hydrogen) atoms. The van der Waals surface area contributed by atoms with Crippen molar-refractivity contribution < 1.29 is 0 Å². The lowest BCUT2D eigenvalue weighted by Crippen LogP contribution is -2.07. The van der Waals surface area contributed by atoms with Gasteiger partial charge in [0, 0.05) is 5.75 Å². The van der Waals surface area contributed by atoms with E-state index >= 15 is 0 Å². The smallest absolute Gasteiger partial charge is 0.0942 e. The second kappa shape index (κ2) is 4.00. The molecule has 0 bridgehead atoms. The molecule has 0 atom stereocenters. The van der Waals surface area contributed by atoms with Crippen LogP contribution in [-0.4, -0.2) is 5.75 Å². The molecule has 0 heterocycles. The van der Waals surface area contributed by atoms with Crippen LogP contribution in [0.3, 0.4) is 0 Å². The monoisotopic (exact) mass is 236 g/mol. The molecule has 0 saturated heterocycles. The Morgan fingerprint density at radius 2 is 1.80 bits per heavy atom. The summed E-state index contributed by atoms with van der Waals surface area (Å²) in [4.78, 5) is 0. The number of halogens is 2. The summed E-state index contributed by atoms with van der Waals surface area (Å²) < 4.78 is -2.07. The van der Waals surface area contributed by atoms with E-state index in [1.165, 1.54) is 11.4 Å². The highest BCUT2D eigenvalue weighted by Crippen LogP contribution is 2.69. The van der Waals surface area contributed by atoms with Crippen LogP contribution in [0.2, 0.25) is 0 Å². The standard InChI is InChI=1S/C5H11Cl2PS2/c1-5(2,3)4-10-8(6,7)9/h4H2,1-3H3. The van der Waals surface area contributed by atoms with E-state index in [0.717, 1.165) is 5.75 Å². The zero-order valence-corrected chi connectivity index (χ0v) is 10.3. The van der Waals surface area contributed by atoms with E-state index in [4.69, 9.17) is 34.3 Å². The Kier molecular flexibility index (Phi) is 4.63. The molecule has 0 aromatic carbocycles. The molecular weight excluding hydrogens is 226 g/mol. The third-order valence-electron chi connectivity index (χ3n) is 0.648.